The topological polar surface area (TPSA) is 52.7 Å². The number of nitrogens with zero attached hydrogens (tertiary/aromatic N) is 2. The van der Waals surface area contributed by atoms with Crippen LogP contribution >= 0.6 is 0 Å². The Kier molecular flexibility index (Phi) is 6.95. The van der Waals surface area contributed by atoms with Crippen molar-refractivity contribution in [3.63, 3.8) is 0 Å². The van der Waals surface area contributed by atoms with Crippen LogP contribution < -0.4 is 5.32 Å². The van der Waals surface area contributed by atoms with E-state index in [1.807, 2.05) is 41.3 Å². The lowest BCUT2D eigenvalue weighted by Crippen LogP contribution is -2.59. The van der Waals surface area contributed by atoms with Crippen molar-refractivity contribution in [2.24, 2.45) is 5.92 Å². The number of hydrogen-bond acceptors (Lipinski definition) is 3. The van der Waals surface area contributed by atoms with Crippen LogP contribution in [0.25, 0.3) is 0 Å². The first kappa shape index (κ1) is 22.5. The van der Waals surface area contributed by atoms with E-state index in [9.17, 15) is 9.59 Å². The third kappa shape index (κ3) is 4.58. The highest BCUT2D eigenvalue weighted by Gasteiger charge is 2.51. The van der Waals surface area contributed by atoms with Gasteiger partial charge in [0.25, 0.3) is 0 Å². The number of carbonyl (C=O) groups is 2. The number of nitrogens with one attached hydrogen (secondary N) is 1. The molecule has 1 N–H and O–H groups in total. The average Bonchev–Trinajstić information content (AvgIpc) is 3.07. The number of carbonyl (C=O) groups excluding carboxylic acids is 2. The zero-order valence-electron chi connectivity index (χ0n) is 19.3. The molecule has 4 rings (SSSR count). The first-order valence-electron chi connectivity index (χ1n) is 12.0. The van der Waals surface area contributed by atoms with E-state index < -0.39 is 5.66 Å². The summed E-state index contributed by atoms with van der Waals surface area (Å²) < 4.78 is 0. The third-order valence-electron chi connectivity index (χ3n) is 7.23. The van der Waals surface area contributed by atoms with Gasteiger partial charge in [-0.1, -0.05) is 74.5 Å². The highest BCUT2D eigenvalue weighted by Crippen LogP contribution is 2.35. The Morgan fingerprint density at radius 3 is 2.09 bits per heavy atom. The zero-order valence-corrected chi connectivity index (χ0v) is 19.3. The normalized spacial score (nSPS) is 20.3. The van der Waals surface area contributed by atoms with Crippen LogP contribution in [0.3, 0.4) is 0 Å². The minimum atomic E-state index is -0.392. The van der Waals surface area contributed by atoms with Crippen LogP contribution in [0.5, 0.6) is 0 Å². The molecule has 0 saturated carbocycles. The molecular weight excluding hydrogens is 398 g/mol. The third-order valence-corrected chi connectivity index (χ3v) is 7.23. The quantitative estimate of drug-likeness (QED) is 0.719. The van der Waals surface area contributed by atoms with Gasteiger partial charge in [-0.3, -0.25) is 14.9 Å². The number of benzene rings is 2. The second-order valence-electron chi connectivity index (χ2n) is 9.17. The van der Waals surface area contributed by atoms with E-state index in [1.54, 1.807) is 0 Å². The Labute approximate surface area is 191 Å². The molecule has 2 amide bonds. The highest BCUT2D eigenvalue weighted by molar-refractivity contribution is 5.86. The Morgan fingerprint density at radius 1 is 0.969 bits per heavy atom. The molecule has 2 aromatic carbocycles. The lowest BCUT2D eigenvalue weighted by molar-refractivity contribution is -0.140. The van der Waals surface area contributed by atoms with Gasteiger partial charge in [-0.25, -0.2) is 0 Å². The average molecular weight is 434 g/mol. The number of rotatable bonds is 7. The molecule has 0 bridgehead atoms. The maximum Gasteiger partial charge on any atom is 0.241 e. The summed E-state index contributed by atoms with van der Waals surface area (Å²) in [6.45, 7) is 6.16. The summed E-state index contributed by atoms with van der Waals surface area (Å²) in [6.07, 6.45) is 3.98. The van der Waals surface area contributed by atoms with E-state index in [0.717, 1.165) is 36.8 Å². The van der Waals surface area contributed by atoms with Crippen molar-refractivity contribution in [1.82, 2.24) is 15.1 Å². The molecule has 32 heavy (non-hydrogen) atoms. The van der Waals surface area contributed by atoms with Gasteiger partial charge in [-0.15, -0.1) is 0 Å². The molecule has 0 aliphatic carbocycles. The number of piperidine rings is 1. The summed E-state index contributed by atoms with van der Waals surface area (Å²) in [5.41, 5.74) is 1.91. The maximum atomic E-state index is 13.6. The van der Waals surface area contributed by atoms with E-state index in [2.05, 4.69) is 48.3 Å². The van der Waals surface area contributed by atoms with Gasteiger partial charge in [0, 0.05) is 38.4 Å². The Morgan fingerprint density at radius 2 is 1.53 bits per heavy atom. The monoisotopic (exact) mass is 433 g/mol. The number of amides is 2. The minimum absolute atomic E-state index is 0.105. The van der Waals surface area contributed by atoms with Gasteiger partial charge in [0.05, 0.1) is 11.7 Å². The van der Waals surface area contributed by atoms with Crippen molar-refractivity contribution in [2.45, 2.75) is 64.2 Å². The van der Waals surface area contributed by atoms with Crippen LogP contribution in [0, 0.1) is 5.92 Å². The van der Waals surface area contributed by atoms with E-state index in [4.69, 9.17) is 0 Å². The second kappa shape index (κ2) is 9.86. The van der Waals surface area contributed by atoms with E-state index in [0.29, 0.717) is 26.1 Å². The van der Waals surface area contributed by atoms with E-state index in [1.165, 1.54) is 0 Å². The van der Waals surface area contributed by atoms with Crippen LogP contribution in [0.1, 0.15) is 50.7 Å². The van der Waals surface area contributed by atoms with Crippen molar-refractivity contribution < 1.29 is 9.59 Å². The highest BCUT2D eigenvalue weighted by atomic mass is 16.2. The summed E-state index contributed by atoms with van der Waals surface area (Å²) >= 11 is 0. The zero-order chi connectivity index (χ0) is 22.6. The standard InChI is InChI=1S/C27H35N3O2/c1-3-23(4-2)25(31)29-17-15-27(16-18-29)28-24(19-21-11-7-5-8-12-21)26(32)30(27)20-22-13-9-6-10-14-22/h5-14,23-24,28H,3-4,15-20H2,1-2H3. The molecule has 2 fully saturated rings. The van der Waals surface area contributed by atoms with Crippen LogP contribution in [0.15, 0.2) is 60.7 Å². The van der Waals surface area contributed by atoms with E-state index >= 15 is 0 Å². The van der Waals surface area contributed by atoms with Gasteiger partial charge in [0.1, 0.15) is 0 Å². The van der Waals surface area contributed by atoms with Gasteiger partial charge < -0.3 is 9.80 Å². The van der Waals surface area contributed by atoms with Crippen molar-refractivity contribution in [3.8, 4) is 0 Å². The molecule has 0 aromatic heterocycles. The Bertz CT molecular complexity index is 903. The van der Waals surface area contributed by atoms with Crippen molar-refractivity contribution >= 4 is 11.8 Å². The van der Waals surface area contributed by atoms with Crippen LogP contribution in [0.4, 0.5) is 0 Å². The second-order valence-corrected chi connectivity index (χ2v) is 9.17. The maximum absolute atomic E-state index is 13.6. The summed E-state index contributed by atoms with van der Waals surface area (Å²) in [7, 11) is 0. The van der Waals surface area contributed by atoms with Gasteiger partial charge in [-0.05, 0) is 30.4 Å². The molecule has 2 aliphatic rings. The number of likely N-dealkylation sites (tertiary alicyclic amines) is 1. The number of hydrogen-bond donors (Lipinski definition) is 1. The molecule has 1 spiro atoms. The molecule has 0 radical (unpaired) electrons. The van der Waals surface area contributed by atoms with Crippen molar-refractivity contribution in [1.29, 1.82) is 0 Å². The predicted molar refractivity (Wildman–Crippen MR) is 127 cm³/mol. The fourth-order valence-electron chi connectivity index (χ4n) is 5.25. The van der Waals surface area contributed by atoms with Crippen LogP contribution in [0.2, 0.25) is 0 Å². The molecule has 5 nitrogen and oxygen atoms in total. The smallest absolute Gasteiger partial charge is 0.241 e. The Hall–Kier alpha value is -2.66. The molecule has 2 aromatic rings. The van der Waals surface area contributed by atoms with E-state index in [-0.39, 0.29) is 23.8 Å². The summed E-state index contributed by atoms with van der Waals surface area (Å²) in [6, 6.07) is 20.2. The van der Waals surface area contributed by atoms with Crippen LogP contribution in [-0.2, 0) is 22.6 Å². The molecule has 170 valence electrons. The molecule has 2 heterocycles. The van der Waals surface area contributed by atoms with Gasteiger partial charge in [-0.2, -0.15) is 0 Å². The molecule has 2 saturated heterocycles. The van der Waals surface area contributed by atoms with Gasteiger partial charge in [0.2, 0.25) is 11.8 Å². The molecule has 1 unspecified atom stereocenters. The first-order chi connectivity index (χ1) is 15.6. The predicted octanol–water partition coefficient (Wildman–Crippen LogP) is 3.98. The first-order valence-corrected chi connectivity index (χ1v) is 12.0. The van der Waals surface area contributed by atoms with Gasteiger partial charge >= 0.3 is 0 Å². The summed E-state index contributed by atoms with van der Waals surface area (Å²) in [4.78, 5) is 30.6. The molecule has 5 heteroatoms. The summed E-state index contributed by atoms with van der Waals surface area (Å²) in [5.74, 6) is 0.538. The molecule has 2 aliphatic heterocycles. The van der Waals surface area contributed by atoms with Crippen molar-refractivity contribution in [3.05, 3.63) is 71.8 Å². The SMILES string of the molecule is CCC(CC)C(=O)N1CCC2(CC1)NC(Cc1ccccc1)C(=O)N2Cc1ccccc1. The molecule has 1 atom stereocenters. The lowest BCUT2D eigenvalue weighted by atomic mass is 9.93. The van der Waals surface area contributed by atoms with Gasteiger partial charge in [0.15, 0.2) is 0 Å². The lowest BCUT2D eigenvalue weighted by Gasteiger charge is -2.45. The van der Waals surface area contributed by atoms with Crippen molar-refractivity contribution in [2.75, 3.05) is 13.1 Å². The fraction of sp³-hybridized carbons (Fsp3) is 0.481. The summed E-state index contributed by atoms with van der Waals surface area (Å²) in [5, 5.41) is 3.73. The molecular formula is C27H35N3O2. The Balaban J connectivity index is 1.54. The van der Waals surface area contributed by atoms with Crippen LogP contribution in [-0.4, -0.2) is 46.4 Å². The fourth-order valence-corrected chi connectivity index (χ4v) is 5.25. The largest absolute Gasteiger partial charge is 0.342 e. The minimum Gasteiger partial charge on any atom is -0.342 e.